The Bertz CT molecular complexity index is 273. The van der Waals surface area contributed by atoms with Gasteiger partial charge in [-0.3, -0.25) is 0 Å². The van der Waals surface area contributed by atoms with Crippen molar-refractivity contribution in [3.05, 3.63) is 0 Å². The van der Waals surface area contributed by atoms with Crippen LogP contribution in [0.25, 0.3) is 0 Å². The lowest BCUT2D eigenvalue weighted by Crippen LogP contribution is -2.42. The van der Waals surface area contributed by atoms with E-state index in [2.05, 4.69) is 48.5 Å². The molecule has 0 aromatic carbocycles. The Morgan fingerprint density at radius 1 is 0.889 bits per heavy atom. The molecule has 0 aromatic rings. The highest BCUT2D eigenvalue weighted by Gasteiger charge is 2.50. The van der Waals surface area contributed by atoms with E-state index < -0.39 is 0 Å². The normalized spacial score (nSPS) is 45.2. The molecule has 0 radical (unpaired) electrons. The summed E-state index contributed by atoms with van der Waals surface area (Å²) in [4.78, 5) is 0. The summed E-state index contributed by atoms with van der Waals surface area (Å²) in [5.41, 5.74) is 0. The Kier molecular flexibility index (Phi) is 4.14. The van der Waals surface area contributed by atoms with Crippen LogP contribution in [0.3, 0.4) is 0 Å². The molecule has 106 valence electrons. The standard InChI is InChI=1S/C18H34/c1-10(2)17-13(6)9-15(17)12(5)8-16-14(7)18(16)11(3)4/h10-18H,8-9H2,1-7H3. The van der Waals surface area contributed by atoms with Gasteiger partial charge in [0.05, 0.1) is 0 Å². The molecule has 0 bridgehead atoms. The zero-order valence-corrected chi connectivity index (χ0v) is 13.6. The maximum absolute atomic E-state index is 2.54. The molecule has 0 heteroatoms. The molecule has 7 unspecified atom stereocenters. The van der Waals surface area contributed by atoms with Crippen molar-refractivity contribution in [2.75, 3.05) is 0 Å². The Hall–Kier alpha value is 0. The van der Waals surface area contributed by atoms with Gasteiger partial charge in [-0.1, -0.05) is 48.5 Å². The van der Waals surface area contributed by atoms with E-state index in [4.69, 9.17) is 0 Å². The summed E-state index contributed by atoms with van der Waals surface area (Å²) in [7, 11) is 0. The third-order valence-electron chi connectivity index (χ3n) is 6.35. The van der Waals surface area contributed by atoms with Gasteiger partial charge in [0.2, 0.25) is 0 Å². The molecular weight excluding hydrogens is 216 g/mol. The lowest BCUT2D eigenvalue weighted by Gasteiger charge is -2.49. The third-order valence-corrected chi connectivity index (χ3v) is 6.35. The molecule has 0 spiro atoms. The molecular formula is C18H34. The molecule has 0 heterocycles. The Balaban J connectivity index is 1.85. The molecule has 0 aliphatic heterocycles. The summed E-state index contributed by atoms with van der Waals surface area (Å²) in [5.74, 6) is 8.85. The van der Waals surface area contributed by atoms with Crippen LogP contribution in [0.1, 0.15) is 61.3 Å². The first-order valence-electron chi connectivity index (χ1n) is 8.34. The second kappa shape index (κ2) is 5.17. The fraction of sp³-hybridized carbons (Fsp3) is 1.00. The van der Waals surface area contributed by atoms with Crippen molar-refractivity contribution in [3.8, 4) is 0 Å². The van der Waals surface area contributed by atoms with Crippen molar-refractivity contribution in [1.29, 1.82) is 0 Å². The molecule has 2 saturated carbocycles. The van der Waals surface area contributed by atoms with Crippen LogP contribution in [0.5, 0.6) is 0 Å². The van der Waals surface area contributed by atoms with E-state index in [1.807, 2.05) is 0 Å². The highest BCUT2D eigenvalue weighted by molar-refractivity contribution is 4.99. The van der Waals surface area contributed by atoms with Crippen LogP contribution >= 0.6 is 0 Å². The Morgan fingerprint density at radius 3 is 1.83 bits per heavy atom. The van der Waals surface area contributed by atoms with E-state index in [9.17, 15) is 0 Å². The van der Waals surface area contributed by atoms with Gasteiger partial charge in [0.15, 0.2) is 0 Å². The van der Waals surface area contributed by atoms with E-state index in [0.717, 1.165) is 53.3 Å². The first kappa shape index (κ1) is 14.4. The average Bonchev–Trinajstić information content (AvgIpc) is 2.84. The molecule has 2 rings (SSSR count). The van der Waals surface area contributed by atoms with Crippen molar-refractivity contribution >= 4 is 0 Å². The lowest BCUT2D eigenvalue weighted by atomic mass is 9.56. The molecule has 2 aliphatic rings. The number of rotatable bonds is 5. The Labute approximate surface area is 115 Å². The maximum atomic E-state index is 2.54. The maximum Gasteiger partial charge on any atom is -0.0331 e. The zero-order valence-electron chi connectivity index (χ0n) is 13.6. The van der Waals surface area contributed by atoms with Gasteiger partial charge >= 0.3 is 0 Å². The molecule has 18 heavy (non-hydrogen) atoms. The lowest BCUT2D eigenvalue weighted by molar-refractivity contribution is 0.000369. The summed E-state index contributed by atoms with van der Waals surface area (Å²) >= 11 is 0. The third kappa shape index (κ3) is 2.49. The second-order valence-corrected chi connectivity index (χ2v) is 8.26. The molecule has 0 amide bonds. The van der Waals surface area contributed by atoms with E-state index >= 15 is 0 Å². The minimum Gasteiger partial charge on any atom is -0.0625 e. The van der Waals surface area contributed by atoms with Crippen molar-refractivity contribution in [1.82, 2.24) is 0 Å². The fourth-order valence-electron chi connectivity index (χ4n) is 5.39. The first-order valence-corrected chi connectivity index (χ1v) is 8.34. The van der Waals surface area contributed by atoms with E-state index in [0.29, 0.717) is 0 Å². The van der Waals surface area contributed by atoms with Crippen molar-refractivity contribution < 1.29 is 0 Å². The second-order valence-electron chi connectivity index (χ2n) is 8.26. The molecule has 7 atom stereocenters. The fourth-order valence-corrected chi connectivity index (χ4v) is 5.39. The largest absolute Gasteiger partial charge is 0.0625 e. The predicted molar refractivity (Wildman–Crippen MR) is 80.4 cm³/mol. The van der Waals surface area contributed by atoms with Crippen LogP contribution in [0.15, 0.2) is 0 Å². The van der Waals surface area contributed by atoms with Gasteiger partial charge in [0, 0.05) is 0 Å². The molecule has 0 N–H and O–H groups in total. The topological polar surface area (TPSA) is 0 Å². The predicted octanol–water partition coefficient (Wildman–Crippen LogP) is 5.48. The SMILES string of the molecule is CC(C)C1C(C)CC1C(C)CC1C(C)C1C(C)C. The van der Waals surface area contributed by atoms with Gasteiger partial charge < -0.3 is 0 Å². The molecule has 2 fully saturated rings. The molecule has 0 saturated heterocycles. The minimum absolute atomic E-state index is 0.888. The van der Waals surface area contributed by atoms with Gasteiger partial charge in [0.25, 0.3) is 0 Å². The summed E-state index contributed by atoms with van der Waals surface area (Å²) in [6, 6.07) is 0. The highest BCUT2D eigenvalue weighted by atomic mass is 14.6. The van der Waals surface area contributed by atoms with Crippen molar-refractivity contribution in [2.45, 2.75) is 61.3 Å². The van der Waals surface area contributed by atoms with E-state index in [-0.39, 0.29) is 0 Å². The summed E-state index contributed by atoms with van der Waals surface area (Å²) in [5, 5.41) is 0. The first-order chi connectivity index (χ1) is 8.34. The number of hydrogen-bond acceptors (Lipinski definition) is 0. The molecule has 2 aliphatic carbocycles. The smallest absolute Gasteiger partial charge is 0.0331 e. The van der Waals surface area contributed by atoms with Crippen LogP contribution in [-0.2, 0) is 0 Å². The van der Waals surface area contributed by atoms with Gasteiger partial charge in [0.1, 0.15) is 0 Å². The number of hydrogen-bond donors (Lipinski definition) is 0. The van der Waals surface area contributed by atoms with Crippen LogP contribution in [0.2, 0.25) is 0 Å². The van der Waals surface area contributed by atoms with Crippen LogP contribution in [0, 0.1) is 53.3 Å². The minimum atomic E-state index is 0.888. The van der Waals surface area contributed by atoms with Crippen molar-refractivity contribution in [2.24, 2.45) is 53.3 Å². The molecule has 0 nitrogen and oxygen atoms in total. The Morgan fingerprint density at radius 2 is 1.44 bits per heavy atom. The highest BCUT2D eigenvalue weighted by Crippen LogP contribution is 2.57. The van der Waals surface area contributed by atoms with Gasteiger partial charge in [-0.05, 0) is 66.1 Å². The van der Waals surface area contributed by atoms with Crippen molar-refractivity contribution in [3.63, 3.8) is 0 Å². The molecule has 0 aromatic heterocycles. The van der Waals surface area contributed by atoms with Gasteiger partial charge in [-0.25, -0.2) is 0 Å². The van der Waals surface area contributed by atoms with Crippen LogP contribution in [0.4, 0.5) is 0 Å². The summed E-state index contributed by atoms with van der Waals surface area (Å²) < 4.78 is 0. The quantitative estimate of drug-likeness (QED) is 0.606. The zero-order chi connectivity index (χ0) is 13.6. The van der Waals surface area contributed by atoms with Gasteiger partial charge in [-0.15, -0.1) is 0 Å². The van der Waals surface area contributed by atoms with Gasteiger partial charge in [-0.2, -0.15) is 0 Å². The monoisotopic (exact) mass is 250 g/mol. The average molecular weight is 250 g/mol. The van der Waals surface area contributed by atoms with E-state index in [1.165, 1.54) is 12.8 Å². The van der Waals surface area contributed by atoms with Crippen LogP contribution in [-0.4, -0.2) is 0 Å². The summed E-state index contributed by atoms with van der Waals surface area (Å²) in [6.07, 6.45) is 3.00. The van der Waals surface area contributed by atoms with Crippen LogP contribution < -0.4 is 0 Å². The summed E-state index contributed by atoms with van der Waals surface area (Å²) in [6.45, 7) is 17.2. The van der Waals surface area contributed by atoms with E-state index in [1.54, 1.807) is 0 Å².